The van der Waals surface area contributed by atoms with Gasteiger partial charge in [-0.1, -0.05) is 91.0 Å². The van der Waals surface area contributed by atoms with Gasteiger partial charge in [0.25, 0.3) is 0 Å². The van der Waals surface area contributed by atoms with Crippen LogP contribution in [0, 0.1) is 0 Å². The first kappa shape index (κ1) is 22.3. The Hall–Kier alpha value is -2.54. The van der Waals surface area contributed by atoms with E-state index in [1.54, 1.807) is 0 Å². The summed E-state index contributed by atoms with van der Waals surface area (Å²) in [5.41, 5.74) is 1.71. The number of hydrogen-bond acceptors (Lipinski definition) is 5. The van der Waals surface area contributed by atoms with Crippen LogP contribution in [0.25, 0.3) is 0 Å². The van der Waals surface area contributed by atoms with E-state index in [-0.39, 0.29) is 6.10 Å². The maximum absolute atomic E-state index is 10.9. The molecule has 2 bridgehead atoms. The second-order valence-electron chi connectivity index (χ2n) is 9.12. The van der Waals surface area contributed by atoms with Crippen LogP contribution in [0.2, 0.25) is 0 Å². The number of hydrogen-bond donors (Lipinski definition) is 1. The highest BCUT2D eigenvalue weighted by atomic mass is 16.7. The fraction of sp³-hybridized carbons (Fsp3) is 0.357. The molecule has 5 heteroatoms. The van der Waals surface area contributed by atoms with Crippen molar-refractivity contribution in [2.45, 2.75) is 62.9 Å². The second kappa shape index (κ2) is 9.37. The lowest BCUT2D eigenvalue weighted by Gasteiger charge is -2.66. The Labute approximate surface area is 194 Å². The maximum atomic E-state index is 10.9. The zero-order valence-electron chi connectivity index (χ0n) is 18.8. The first-order valence-corrected chi connectivity index (χ1v) is 11.4. The molecular formula is C28H30O5. The number of aliphatic hydroxyl groups is 1. The zero-order valence-corrected chi connectivity index (χ0v) is 18.8. The fourth-order valence-corrected chi connectivity index (χ4v) is 5.11. The molecule has 0 spiro atoms. The topological polar surface area (TPSA) is 57.2 Å². The van der Waals surface area contributed by atoms with Crippen LogP contribution >= 0.6 is 0 Å². The highest BCUT2D eigenvalue weighted by molar-refractivity contribution is 5.24. The molecule has 2 saturated heterocycles. The zero-order chi connectivity index (χ0) is 22.7. The Kier molecular flexibility index (Phi) is 6.32. The lowest BCUT2D eigenvalue weighted by atomic mass is 9.59. The molecule has 3 unspecified atom stereocenters. The molecule has 2 aliphatic heterocycles. The van der Waals surface area contributed by atoms with Gasteiger partial charge in [-0.05, 0) is 23.6 Å². The molecule has 0 aromatic heterocycles. The summed E-state index contributed by atoms with van der Waals surface area (Å²) in [7, 11) is 0. The molecule has 172 valence electrons. The average molecular weight is 447 g/mol. The van der Waals surface area contributed by atoms with Crippen molar-refractivity contribution in [1.29, 1.82) is 0 Å². The molecule has 5 atom stereocenters. The third kappa shape index (κ3) is 4.47. The minimum atomic E-state index is -1.10. The van der Waals surface area contributed by atoms with E-state index in [2.05, 4.69) is 0 Å². The van der Waals surface area contributed by atoms with E-state index in [9.17, 15) is 5.11 Å². The summed E-state index contributed by atoms with van der Waals surface area (Å²) in [6.07, 6.45) is -1.56. The smallest absolute Gasteiger partial charge is 0.184 e. The lowest BCUT2D eigenvalue weighted by molar-refractivity contribution is -0.437. The quantitative estimate of drug-likeness (QED) is 0.520. The molecule has 1 saturated carbocycles. The molecule has 3 aromatic carbocycles. The molecule has 1 aliphatic carbocycles. The first-order chi connectivity index (χ1) is 16.1. The monoisotopic (exact) mass is 446 g/mol. The van der Waals surface area contributed by atoms with Gasteiger partial charge in [0.15, 0.2) is 6.29 Å². The van der Waals surface area contributed by atoms with Gasteiger partial charge in [-0.15, -0.1) is 0 Å². The fourth-order valence-electron chi connectivity index (χ4n) is 5.11. The summed E-state index contributed by atoms with van der Waals surface area (Å²) in [5.74, 6) is 0. The van der Waals surface area contributed by atoms with Gasteiger partial charge in [0.05, 0.1) is 19.8 Å². The number of aliphatic hydroxyl groups excluding tert-OH is 1. The maximum Gasteiger partial charge on any atom is 0.184 e. The minimum Gasteiger partial charge on any atom is -0.367 e. The van der Waals surface area contributed by atoms with Crippen molar-refractivity contribution in [2.75, 3.05) is 0 Å². The van der Waals surface area contributed by atoms with Gasteiger partial charge in [-0.3, -0.25) is 0 Å². The standard InChI is InChI=1S/C28H30O5/c1-27-20-28(32-19-23-15-9-4-10-16-23,26(27)31-18-22-13-7-3-8-14-22)24(25(29)33-27)30-17-21-11-5-2-6-12-21/h2-16,24-26,29H,17-20H2,1H3/t24?,25-,26+,27?,28?/m1/s1. The normalized spacial score (nSPS) is 30.5. The molecule has 1 N–H and O–H groups in total. The summed E-state index contributed by atoms with van der Waals surface area (Å²) < 4.78 is 25.3. The number of fused-ring (bicyclic) bond motifs is 2. The predicted octanol–water partition coefficient (Wildman–Crippen LogP) is 4.62. The average Bonchev–Trinajstić information content (AvgIpc) is 2.84. The van der Waals surface area contributed by atoms with Crippen LogP contribution in [0.5, 0.6) is 0 Å². The van der Waals surface area contributed by atoms with E-state index >= 15 is 0 Å². The van der Waals surface area contributed by atoms with Crippen LogP contribution in [-0.2, 0) is 38.8 Å². The summed E-state index contributed by atoms with van der Waals surface area (Å²) in [4.78, 5) is 0. The molecule has 0 amide bonds. The Morgan fingerprint density at radius 1 is 0.758 bits per heavy atom. The number of ether oxygens (including phenoxy) is 4. The molecule has 3 fully saturated rings. The van der Waals surface area contributed by atoms with Gasteiger partial charge >= 0.3 is 0 Å². The van der Waals surface area contributed by atoms with Gasteiger partial charge in [-0.25, -0.2) is 0 Å². The van der Waals surface area contributed by atoms with Gasteiger partial charge in [0.1, 0.15) is 23.4 Å². The van der Waals surface area contributed by atoms with E-state index in [0.29, 0.717) is 26.2 Å². The van der Waals surface area contributed by atoms with E-state index in [1.165, 1.54) is 0 Å². The van der Waals surface area contributed by atoms with E-state index in [0.717, 1.165) is 16.7 Å². The van der Waals surface area contributed by atoms with Crippen molar-refractivity contribution >= 4 is 0 Å². The lowest BCUT2D eigenvalue weighted by Crippen LogP contribution is -2.83. The summed E-state index contributed by atoms with van der Waals surface area (Å²) >= 11 is 0. The van der Waals surface area contributed by atoms with Gasteiger partial charge in [-0.2, -0.15) is 0 Å². The number of rotatable bonds is 9. The van der Waals surface area contributed by atoms with Gasteiger partial charge in [0, 0.05) is 6.42 Å². The second-order valence-corrected chi connectivity index (χ2v) is 9.12. The highest BCUT2D eigenvalue weighted by Crippen LogP contribution is 2.57. The van der Waals surface area contributed by atoms with Crippen LogP contribution in [0.1, 0.15) is 30.0 Å². The van der Waals surface area contributed by atoms with Crippen molar-refractivity contribution in [2.24, 2.45) is 0 Å². The Balaban J connectivity index is 1.39. The summed E-state index contributed by atoms with van der Waals surface area (Å²) in [6.45, 7) is 3.16. The molecule has 0 radical (unpaired) electrons. The third-order valence-electron chi connectivity index (χ3n) is 6.64. The molecule has 5 nitrogen and oxygen atoms in total. The van der Waals surface area contributed by atoms with Crippen LogP contribution in [0.4, 0.5) is 0 Å². The molecular weight excluding hydrogens is 416 g/mol. The largest absolute Gasteiger partial charge is 0.367 e. The van der Waals surface area contributed by atoms with Crippen LogP contribution in [-0.4, -0.2) is 34.8 Å². The van der Waals surface area contributed by atoms with E-state index in [1.807, 2.05) is 97.9 Å². The molecule has 33 heavy (non-hydrogen) atoms. The van der Waals surface area contributed by atoms with Crippen molar-refractivity contribution in [1.82, 2.24) is 0 Å². The summed E-state index contributed by atoms with van der Waals surface area (Å²) in [5, 5.41) is 10.9. The van der Waals surface area contributed by atoms with Gasteiger partial charge < -0.3 is 24.1 Å². The molecule has 3 aromatic rings. The SMILES string of the molecule is CC12CC(OCc3ccccc3)(C(OCc3ccccc3)[C@H](O)O1)[C@H]2OCc1ccccc1. The van der Waals surface area contributed by atoms with E-state index < -0.39 is 23.6 Å². The van der Waals surface area contributed by atoms with E-state index in [4.69, 9.17) is 18.9 Å². The third-order valence-corrected chi connectivity index (χ3v) is 6.64. The highest BCUT2D eigenvalue weighted by Gasteiger charge is 2.74. The summed E-state index contributed by atoms with van der Waals surface area (Å²) in [6, 6.07) is 30.0. The van der Waals surface area contributed by atoms with Gasteiger partial charge in [0.2, 0.25) is 0 Å². The first-order valence-electron chi connectivity index (χ1n) is 11.4. The van der Waals surface area contributed by atoms with Crippen molar-refractivity contribution in [3.63, 3.8) is 0 Å². The molecule has 2 heterocycles. The number of benzene rings is 3. The minimum absolute atomic E-state index is 0.352. The predicted molar refractivity (Wildman–Crippen MR) is 124 cm³/mol. The molecule has 3 aliphatic rings. The van der Waals surface area contributed by atoms with Crippen molar-refractivity contribution in [3.8, 4) is 0 Å². The van der Waals surface area contributed by atoms with Crippen molar-refractivity contribution < 1.29 is 24.1 Å². The Morgan fingerprint density at radius 2 is 1.24 bits per heavy atom. The Morgan fingerprint density at radius 3 is 1.79 bits per heavy atom. The van der Waals surface area contributed by atoms with Crippen molar-refractivity contribution in [3.05, 3.63) is 108 Å². The molecule has 6 rings (SSSR count). The Bertz CT molecular complexity index is 980. The van der Waals surface area contributed by atoms with Crippen LogP contribution in [0.15, 0.2) is 91.0 Å². The van der Waals surface area contributed by atoms with Crippen LogP contribution < -0.4 is 0 Å². The van der Waals surface area contributed by atoms with Crippen LogP contribution in [0.3, 0.4) is 0 Å².